The van der Waals surface area contributed by atoms with Gasteiger partial charge in [0.25, 0.3) is 11.8 Å². The van der Waals surface area contributed by atoms with Gasteiger partial charge in [-0.2, -0.15) is 11.8 Å². The Bertz CT molecular complexity index is 1150. The van der Waals surface area contributed by atoms with E-state index in [1.807, 2.05) is 38.3 Å². The molecular formula is C28H35N3O5S. The zero-order valence-corrected chi connectivity index (χ0v) is 22.9. The van der Waals surface area contributed by atoms with Crippen LogP contribution < -0.4 is 10.6 Å². The Morgan fingerprint density at radius 1 is 1.14 bits per heavy atom. The molecule has 8 nitrogen and oxygen atoms in total. The van der Waals surface area contributed by atoms with Crippen molar-refractivity contribution in [2.45, 2.75) is 58.7 Å². The number of aromatic hydroxyl groups is 1. The number of amides is 3. The average molecular weight is 526 g/mol. The number of phenols is 1. The molecule has 0 aliphatic carbocycles. The second-order valence-electron chi connectivity index (χ2n) is 9.57. The lowest BCUT2D eigenvalue weighted by atomic mass is 10.0. The van der Waals surface area contributed by atoms with Gasteiger partial charge in [0, 0.05) is 11.7 Å². The Labute approximate surface area is 223 Å². The largest absolute Gasteiger partial charge is 0.508 e. The van der Waals surface area contributed by atoms with Gasteiger partial charge < -0.3 is 20.5 Å². The zero-order valence-electron chi connectivity index (χ0n) is 22.1. The van der Waals surface area contributed by atoms with Crippen molar-refractivity contribution >= 4 is 35.4 Å². The van der Waals surface area contributed by atoms with Crippen LogP contribution in [0, 0.1) is 26.3 Å². The van der Waals surface area contributed by atoms with E-state index in [-0.39, 0.29) is 12.2 Å². The molecule has 2 aromatic carbocycles. The summed E-state index contributed by atoms with van der Waals surface area (Å²) in [6.07, 6.45) is 7.18. The summed E-state index contributed by atoms with van der Waals surface area (Å²) in [6.45, 7) is 8.87. The number of ether oxygens (including phenoxy) is 1. The summed E-state index contributed by atoms with van der Waals surface area (Å²) in [5, 5.41) is 15.6. The molecule has 0 bridgehead atoms. The summed E-state index contributed by atoms with van der Waals surface area (Å²) in [4.78, 5) is 40.9. The fourth-order valence-electron chi connectivity index (χ4n) is 3.69. The van der Waals surface area contributed by atoms with Crippen LogP contribution >= 0.6 is 11.8 Å². The first kappa shape index (κ1) is 29.6. The number of benzene rings is 2. The number of anilines is 1. The average Bonchev–Trinajstić information content (AvgIpc) is 2.80. The van der Waals surface area contributed by atoms with Crippen LogP contribution in [0.15, 0.2) is 42.5 Å². The van der Waals surface area contributed by atoms with Crippen LogP contribution in [0.4, 0.5) is 10.5 Å². The van der Waals surface area contributed by atoms with Crippen LogP contribution in [0.2, 0.25) is 0 Å². The monoisotopic (exact) mass is 525 g/mol. The van der Waals surface area contributed by atoms with E-state index in [9.17, 15) is 19.5 Å². The Morgan fingerprint density at radius 2 is 1.76 bits per heavy atom. The first-order valence-corrected chi connectivity index (χ1v) is 13.2. The summed E-state index contributed by atoms with van der Waals surface area (Å²) in [5.74, 6) is -0.740. The van der Waals surface area contributed by atoms with E-state index in [2.05, 4.69) is 16.7 Å². The number of thioether (sulfide) groups is 1. The van der Waals surface area contributed by atoms with E-state index < -0.39 is 35.6 Å². The highest BCUT2D eigenvalue weighted by atomic mass is 32.2. The van der Waals surface area contributed by atoms with Gasteiger partial charge in [0.15, 0.2) is 0 Å². The van der Waals surface area contributed by atoms with Gasteiger partial charge >= 0.3 is 6.09 Å². The third-order valence-electron chi connectivity index (χ3n) is 5.40. The van der Waals surface area contributed by atoms with Gasteiger partial charge in [0.1, 0.15) is 23.4 Å². The molecule has 9 heteroatoms. The van der Waals surface area contributed by atoms with Crippen LogP contribution in [-0.2, 0) is 14.3 Å². The Balaban J connectivity index is 2.48. The number of aryl methyl sites for hydroxylation is 2. The number of carbonyl (C=O) groups excluding carboxylic acids is 3. The first-order valence-electron chi connectivity index (χ1n) is 11.8. The minimum absolute atomic E-state index is 0.0856. The number of phenolic OH excluding ortho intramolecular Hbond substituents is 1. The molecule has 0 aromatic heterocycles. The molecule has 0 saturated heterocycles. The molecule has 2 rings (SSSR count). The lowest BCUT2D eigenvalue weighted by Gasteiger charge is -2.30. The lowest BCUT2D eigenvalue weighted by Crippen LogP contribution is -2.51. The standard InChI is InChI=1S/C28H35N3O5S/c1-8-31(26(34)22(15-16-37-7)29-27(35)36-28(4,5)6)24(20-13-10-14-21(32)17-20)25(33)30-23-18(2)11-9-12-19(23)3/h1,9-14,17,22,24,32H,15-16H2,2-7H3,(H,29,35)(H,30,33). The van der Waals surface area contributed by atoms with E-state index in [1.165, 1.54) is 23.9 Å². The van der Waals surface area contributed by atoms with Crippen LogP contribution in [-0.4, -0.2) is 51.6 Å². The molecule has 3 amide bonds. The van der Waals surface area contributed by atoms with E-state index in [1.54, 1.807) is 32.9 Å². The topological polar surface area (TPSA) is 108 Å². The molecule has 2 atom stereocenters. The molecule has 2 aromatic rings. The third kappa shape index (κ3) is 8.46. The molecular weight excluding hydrogens is 490 g/mol. The van der Waals surface area contributed by atoms with E-state index in [4.69, 9.17) is 11.2 Å². The summed E-state index contributed by atoms with van der Waals surface area (Å²) in [6, 6.07) is 11.6. The lowest BCUT2D eigenvalue weighted by molar-refractivity contribution is -0.136. The molecule has 0 saturated carbocycles. The van der Waals surface area contributed by atoms with Gasteiger partial charge in [-0.15, -0.1) is 0 Å². The van der Waals surface area contributed by atoms with Crippen molar-refractivity contribution in [2.24, 2.45) is 0 Å². The smallest absolute Gasteiger partial charge is 0.408 e. The predicted octanol–water partition coefficient (Wildman–Crippen LogP) is 4.75. The van der Waals surface area contributed by atoms with Crippen LogP contribution in [0.1, 0.15) is 49.9 Å². The number of hydrogen-bond donors (Lipinski definition) is 3. The Hall–Kier alpha value is -3.64. The molecule has 3 N–H and O–H groups in total. The number of hydrogen-bond acceptors (Lipinski definition) is 6. The highest BCUT2D eigenvalue weighted by Gasteiger charge is 2.36. The quantitative estimate of drug-likeness (QED) is 0.322. The zero-order chi connectivity index (χ0) is 27.8. The molecule has 0 aliphatic heterocycles. The van der Waals surface area contributed by atoms with Gasteiger partial charge in [-0.05, 0) is 81.9 Å². The number of alkyl carbamates (subject to hydrolysis) is 1. The molecule has 0 radical (unpaired) electrons. The molecule has 0 aliphatic rings. The van der Waals surface area contributed by atoms with Crippen LogP contribution in [0.5, 0.6) is 5.75 Å². The third-order valence-corrected chi connectivity index (χ3v) is 6.04. The van der Waals surface area contributed by atoms with Crippen molar-refractivity contribution in [1.29, 1.82) is 0 Å². The Morgan fingerprint density at radius 3 is 2.30 bits per heavy atom. The number of carbonyl (C=O) groups is 3. The number of rotatable bonds is 9. The fraction of sp³-hybridized carbons (Fsp3) is 0.393. The maximum atomic E-state index is 13.7. The van der Waals surface area contributed by atoms with Crippen LogP contribution in [0.3, 0.4) is 0 Å². The van der Waals surface area contributed by atoms with E-state index in [0.29, 0.717) is 17.0 Å². The van der Waals surface area contributed by atoms with Crippen molar-refractivity contribution in [3.63, 3.8) is 0 Å². The van der Waals surface area contributed by atoms with E-state index in [0.717, 1.165) is 16.0 Å². The number of terminal acetylenes is 1. The molecule has 0 heterocycles. The van der Waals surface area contributed by atoms with Crippen molar-refractivity contribution in [2.75, 3.05) is 17.3 Å². The normalized spacial score (nSPS) is 12.6. The highest BCUT2D eigenvalue weighted by molar-refractivity contribution is 7.98. The maximum Gasteiger partial charge on any atom is 0.408 e. The summed E-state index contributed by atoms with van der Waals surface area (Å²) >= 11 is 1.50. The number of nitrogens with zero attached hydrogens (tertiary/aromatic N) is 1. The summed E-state index contributed by atoms with van der Waals surface area (Å²) in [7, 11) is 0. The maximum absolute atomic E-state index is 13.7. The summed E-state index contributed by atoms with van der Waals surface area (Å²) < 4.78 is 5.33. The molecule has 2 unspecified atom stereocenters. The molecule has 0 fully saturated rings. The fourth-order valence-corrected chi connectivity index (χ4v) is 4.16. The van der Waals surface area contributed by atoms with Crippen molar-refractivity contribution < 1.29 is 24.2 Å². The second-order valence-corrected chi connectivity index (χ2v) is 10.6. The molecule has 0 spiro atoms. The van der Waals surface area contributed by atoms with Gasteiger partial charge in [-0.25, -0.2) is 4.79 Å². The van der Waals surface area contributed by atoms with E-state index >= 15 is 0 Å². The van der Waals surface area contributed by atoms with Crippen molar-refractivity contribution in [1.82, 2.24) is 10.2 Å². The predicted molar refractivity (Wildman–Crippen MR) is 147 cm³/mol. The summed E-state index contributed by atoms with van der Waals surface area (Å²) in [5.41, 5.74) is 1.83. The van der Waals surface area contributed by atoms with Gasteiger partial charge in [-0.3, -0.25) is 14.5 Å². The van der Waals surface area contributed by atoms with Crippen LogP contribution in [0.25, 0.3) is 0 Å². The van der Waals surface area contributed by atoms with Crippen molar-refractivity contribution in [3.05, 3.63) is 59.2 Å². The molecule has 198 valence electrons. The SMILES string of the molecule is C#CN(C(=O)C(CCSC)NC(=O)OC(C)(C)C)C(C(=O)Nc1c(C)cccc1C)c1cccc(O)c1. The second kappa shape index (κ2) is 13.1. The minimum Gasteiger partial charge on any atom is -0.508 e. The Kier molecular flexibility index (Phi) is 10.4. The number of para-hydroxylation sites is 1. The minimum atomic E-state index is -1.28. The van der Waals surface area contributed by atoms with Crippen molar-refractivity contribution in [3.8, 4) is 18.2 Å². The first-order chi connectivity index (χ1) is 17.4. The highest BCUT2D eigenvalue weighted by Crippen LogP contribution is 2.28. The number of nitrogens with one attached hydrogen (secondary N) is 2. The van der Waals surface area contributed by atoms with Gasteiger partial charge in [0.05, 0.1) is 0 Å². The van der Waals surface area contributed by atoms with Gasteiger partial charge in [-0.1, -0.05) is 36.8 Å². The molecule has 37 heavy (non-hydrogen) atoms. The van der Waals surface area contributed by atoms with Gasteiger partial charge in [0.2, 0.25) is 0 Å².